The van der Waals surface area contributed by atoms with Crippen LogP contribution >= 0.6 is 0 Å². The van der Waals surface area contributed by atoms with Crippen LogP contribution < -0.4 is 10.1 Å². The van der Waals surface area contributed by atoms with Gasteiger partial charge in [-0.25, -0.2) is 4.79 Å². The highest BCUT2D eigenvalue weighted by Gasteiger charge is 2.12. The third kappa shape index (κ3) is 8.53. The molecule has 0 heterocycles. The summed E-state index contributed by atoms with van der Waals surface area (Å²) in [5.74, 6) is -1.05. The van der Waals surface area contributed by atoms with Gasteiger partial charge in [0.1, 0.15) is 5.75 Å². The topological polar surface area (TPSA) is 95.9 Å². The average Bonchev–Trinajstić information content (AvgIpc) is 2.58. The van der Waals surface area contributed by atoms with E-state index in [4.69, 9.17) is 14.9 Å². The number of carbonyl (C=O) groups is 2. The van der Waals surface area contributed by atoms with Crippen LogP contribution in [0.15, 0.2) is 24.3 Å². The van der Waals surface area contributed by atoms with Crippen LogP contribution in [-0.2, 0) is 4.79 Å². The summed E-state index contributed by atoms with van der Waals surface area (Å²) in [5, 5.41) is 20.2. The molecule has 0 bridgehead atoms. The second-order valence-corrected chi connectivity index (χ2v) is 5.63. The molecule has 0 aliphatic carbocycles. The van der Waals surface area contributed by atoms with Crippen molar-refractivity contribution in [3.63, 3.8) is 0 Å². The predicted octanol–water partition coefficient (Wildman–Crippen LogP) is 2.60. The molecular formula is C18H27NO5. The van der Waals surface area contributed by atoms with Crippen LogP contribution in [0.2, 0.25) is 0 Å². The van der Waals surface area contributed by atoms with Crippen LogP contribution in [0.25, 0.3) is 0 Å². The van der Waals surface area contributed by atoms with Crippen molar-refractivity contribution in [2.24, 2.45) is 0 Å². The molecule has 0 fully saturated rings. The first-order chi connectivity index (χ1) is 11.6. The van der Waals surface area contributed by atoms with E-state index in [9.17, 15) is 9.59 Å². The smallest absolute Gasteiger partial charge is 0.341 e. The molecule has 0 aromatic heterocycles. The van der Waals surface area contributed by atoms with Gasteiger partial charge in [0.15, 0.2) is 6.61 Å². The first-order valence-corrected chi connectivity index (χ1v) is 8.48. The molecule has 1 amide bonds. The molecule has 0 atom stereocenters. The number of carboxylic acid groups (broad SMARTS) is 1. The monoisotopic (exact) mass is 337 g/mol. The number of para-hydroxylation sites is 1. The zero-order valence-electron chi connectivity index (χ0n) is 14.0. The number of aliphatic hydroxyl groups excluding tert-OH is 1. The normalized spacial score (nSPS) is 10.4. The Morgan fingerprint density at radius 3 is 2.25 bits per heavy atom. The van der Waals surface area contributed by atoms with E-state index in [0.717, 1.165) is 44.9 Å². The van der Waals surface area contributed by atoms with Gasteiger partial charge in [0.2, 0.25) is 0 Å². The number of amides is 1. The van der Waals surface area contributed by atoms with Crippen LogP contribution in [0.1, 0.15) is 55.3 Å². The van der Waals surface area contributed by atoms with Crippen LogP contribution in [0.3, 0.4) is 0 Å². The Labute approximate surface area is 142 Å². The SMILES string of the molecule is O=C(O)COc1ccccc1C(=O)NCCCCCCCCCO. The van der Waals surface area contributed by atoms with Gasteiger partial charge >= 0.3 is 5.97 Å². The van der Waals surface area contributed by atoms with Gasteiger partial charge in [-0.1, -0.05) is 44.2 Å². The van der Waals surface area contributed by atoms with Crippen LogP contribution in [0, 0.1) is 0 Å². The fourth-order valence-electron chi connectivity index (χ4n) is 2.34. The molecule has 1 aromatic carbocycles. The van der Waals surface area contributed by atoms with E-state index in [2.05, 4.69) is 5.32 Å². The van der Waals surface area contributed by atoms with Gasteiger partial charge in [-0.2, -0.15) is 0 Å². The molecule has 24 heavy (non-hydrogen) atoms. The van der Waals surface area contributed by atoms with Crippen molar-refractivity contribution in [3.8, 4) is 5.75 Å². The zero-order chi connectivity index (χ0) is 17.6. The lowest BCUT2D eigenvalue weighted by Gasteiger charge is -2.10. The largest absolute Gasteiger partial charge is 0.481 e. The summed E-state index contributed by atoms with van der Waals surface area (Å²) in [6.45, 7) is 0.382. The quantitative estimate of drug-likeness (QED) is 0.481. The van der Waals surface area contributed by atoms with E-state index in [1.165, 1.54) is 0 Å². The van der Waals surface area contributed by atoms with E-state index in [1.54, 1.807) is 24.3 Å². The van der Waals surface area contributed by atoms with Crippen molar-refractivity contribution in [1.29, 1.82) is 0 Å². The maximum Gasteiger partial charge on any atom is 0.341 e. The Balaban J connectivity index is 2.24. The lowest BCUT2D eigenvalue weighted by Crippen LogP contribution is -2.25. The highest BCUT2D eigenvalue weighted by atomic mass is 16.5. The minimum atomic E-state index is -1.08. The summed E-state index contributed by atoms with van der Waals surface area (Å²) in [6, 6.07) is 6.62. The second kappa shape index (κ2) is 12.4. The Hall–Kier alpha value is -2.08. The first kappa shape index (κ1) is 20.0. The van der Waals surface area contributed by atoms with Gasteiger partial charge in [0.25, 0.3) is 5.91 Å². The number of hydrogen-bond acceptors (Lipinski definition) is 4. The van der Waals surface area contributed by atoms with Gasteiger partial charge in [-0.05, 0) is 25.0 Å². The van der Waals surface area contributed by atoms with Gasteiger partial charge < -0.3 is 20.3 Å². The first-order valence-electron chi connectivity index (χ1n) is 8.48. The molecule has 134 valence electrons. The van der Waals surface area contributed by atoms with E-state index >= 15 is 0 Å². The molecule has 1 rings (SSSR count). The number of ether oxygens (including phenoxy) is 1. The number of aliphatic carboxylic acids is 1. The van der Waals surface area contributed by atoms with Gasteiger partial charge in [0.05, 0.1) is 5.56 Å². The number of hydrogen-bond donors (Lipinski definition) is 3. The molecule has 1 aromatic rings. The molecule has 3 N–H and O–H groups in total. The Bertz CT molecular complexity index is 504. The molecular weight excluding hydrogens is 310 g/mol. The highest BCUT2D eigenvalue weighted by molar-refractivity contribution is 5.96. The van der Waals surface area contributed by atoms with E-state index in [0.29, 0.717) is 12.1 Å². The molecule has 6 heteroatoms. The minimum absolute atomic E-state index is 0.251. The molecule has 0 aliphatic heterocycles. The summed E-state index contributed by atoms with van der Waals surface area (Å²) in [5.41, 5.74) is 0.350. The molecule has 0 spiro atoms. The fourth-order valence-corrected chi connectivity index (χ4v) is 2.34. The van der Waals surface area contributed by atoms with Crippen molar-refractivity contribution in [3.05, 3.63) is 29.8 Å². The number of aliphatic hydroxyl groups is 1. The standard InChI is InChI=1S/C18H27NO5/c20-13-9-5-3-1-2-4-8-12-19-18(23)15-10-6-7-11-16(15)24-14-17(21)22/h6-7,10-11,20H,1-5,8-9,12-14H2,(H,19,23)(H,21,22). The average molecular weight is 337 g/mol. The van der Waals surface area contributed by atoms with Crippen LogP contribution in [-0.4, -0.2) is 41.8 Å². The lowest BCUT2D eigenvalue weighted by atomic mass is 10.1. The van der Waals surface area contributed by atoms with Crippen molar-refractivity contribution in [2.75, 3.05) is 19.8 Å². The molecule has 6 nitrogen and oxygen atoms in total. The number of nitrogens with one attached hydrogen (secondary N) is 1. The predicted molar refractivity (Wildman–Crippen MR) is 91.3 cm³/mol. The molecule has 0 radical (unpaired) electrons. The van der Waals surface area contributed by atoms with E-state index in [1.807, 2.05) is 0 Å². The Morgan fingerprint density at radius 1 is 0.958 bits per heavy atom. The van der Waals surface area contributed by atoms with E-state index < -0.39 is 12.6 Å². The fraction of sp³-hybridized carbons (Fsp3) is 0.556. The summed E-state index contributed by atoms with van der Waals surface area (Å²) in [6.07, 6.45) is 7.32. The third-order valence-corrected chi connectivity index (χ3v) is 3.60. The minimum Gasteiger partial charge on any atom is -0.481 e. The second-order valence-electron chi connectivity index (χ2n) is 5.63. The molecule has 0 saturated carbocycles. The number of rotatable bonds is 13. The molecule has 0 unspecified atom stereocenters. The number of benzene rings is 1. The Kier molecular flexibility index (Phi) is 10.3. The van der Waals surface area contributed by atoms with E-state index in [-0.39, 0.29) is 18.3 Å². The maximum atomic E-state index is 12.2. The van der Waals surface area contributed by atoms with Crippen LogP contribution in [0.4, 0.5) is 0 Å². The third-order valence-electron chi connectivity index (χ3n) is 3.60. The maximum absolute atomic E-state index is 12.2. The summed E-state index contributed by atoms with van der Waals surface area (Å²) in [7, 11) is 0. The van der Waals surface area contributed by atoms with Gasteiger partial charge in [-0.15, -0.1) is 0 Å². The van der Waals surface area contributed by atoms with Gasteiger partial charge in [-0.3, -0.25) is 4.79 Å². The Morgan fingerprint density at radius 2 is 1.58 bits per heavy atom. The van der Waals surface area contributed by atoms with Gasteiger partial charge in [0, 0.05) is 13.2 Å². The molecule has 0 aliphatic rings. The summed E-state index contributed by atoms with van der Waals surface area (Å²) in [4.78, 5) is 22.7. The number of unbranched alkanes of at least 4 members (excludes halogenated alkanes) is 6. The lowest BCUT2D eigenvalue weighted by molar-refractivity contribution is -0.139. The van der Waals surface area contributed by atoms with Crippen molar-refractivity contribution in [2.45, 2.75) is 44.9 Å². The summed E-state index contributed by atoms with van der Waals surface area (Å²) < 4.78 is 5.13. The zero-order valence-corrected chi connectivity index (χ0v) is 14.0. The van der Waals surface area contributed by atoms with Crippen molar-refractivity contribution >= 4 is 11.9 Å². The highest BCUT2D eigenvalue weighted by Crippen LogP contribution is 2.17. The van der Waals surface area contributed by atoms with Crippen molar-refractivity contribution in [1.82, 2.24) is 5.32 Å². The van der Waals surface area contributed by atoms with Crippen molar-refractivity contribution < 1.29 is 24.5 Å². The number of carboxylic acids is 1. The summed E-state index contributed by atoms with van der Waals surface area (Å²) >= 11 is 0. The molecule has 0 saturated heterocycles. The van der Waals surface area contributed by atoms with Crippen LogP contribution in [0.5, 0.6) is 5.75 Å². The number of carbonyl (C=O) groups excluding carboxylic acids is 1.